The van der Waals surface area contributed by atoms with Gasteiger partial charge < -0.3 is 10.1 Å². The Kier molecular flexibility index (Phi) is 5.71. The number of fused-ring (bicyclic) bond motifs is 1. The molecule has 0 unspecified atom stereocenters. The van der Waals surface area contributed by atoms with E-state index in [4.69, 9.17) is 16.3 Å². The highest BCUT2D eigenvalue weighted by Gasteiger charge is 2.23. The van der Waals surface area contributed by atoms with Gasteiger partial charge >= 0.3 is 5.97 Å². The van der Waals surface area contributed by atoms with Gasteiger partial charge in [0.15, 0.2) is 11.8 Å². The Labute approximate surface area is 155 Å². The SMILES string of the molecule is CC[C@@H]1CCc2sc(C(=O)OCC(=O)Nc3cccnc3Cl)cc2C1. The molecule has 0 bridgehead atoms. The molecule has 0 spiro atoms. The molecule has 2 heterocycles. The van der Waals surface area contributed by atoms with Crippen molar-refractivity contribution in [1.82, 2.24) is 4.98 Å². The van der Waals surface area contributed by atoms with Crippen LogP contribution in [0.5, 0.6) is 0 Å². The molecule has 3 rings (SSSR count). The molecule has 0 fully saturated rings. The van der Waals surface area contributed by atoms with Crippen molar-refractivity contribution < 1.29 is 14.3 Å². The minimum absolute atomic E-state index is 0.193. The average Bonchev–Trinajstić information content (AvgIpc) is 3.04. The summed E-state index contributed by atoms with van der Waals surface area (Å²) in [6, 6.07) is 5.21. The first-order valence-electron chi connectivity index (χ1n) is 8.26. The topological polar surface area (TPSA) is 68.3 Å². The van der Waals surface area contributed by atoms with Crippen molar-refractivity contribution in [3.05, 3.63) is 44.9 Å². The van der Waals surface area contributed by atoms with Crippen molar-refractivity contribution >= 4 is 40.5 Å². The van der Waals surface area contributed by atoms with Crippen LogP contribution < -0.4 is 5.32 Å². The van der Waals surface area contributed by atoms with Crippen molar-refractivity contribution in [2.75, 3.05) is 11.9 Å². The lowest BCUT2D eigenvalue weighted by atomic mass is 9.87. The van der Waals surface area contributed by atoms with Crippen LogP contribution in [-0.2, 0) is 22.4 Å². The number of hydrogen-bond acceptors (Lipinski definition) is 5. The summed E-state index contributed by atoms with van der Waals surface area (Å²) < 4.78 is 5.13. The van der Waals surface area contributed by atoms with E-state index < -0.39 is 11.9 Å². The van der Waals surface area contributed by atoms with Gasteiger partial charge in [-0.15, -0.1) is 11.3 Å². The summed E-state index contributed by atoms with van der Waals surface area (Å²) in [6.45, 7) is 1.84. The fraction of sp³-hybridized carbons (Fsp3) is 0.389. The van der Waals surface area contributed by atoms with Gasteiger partial charge in [-0.2, -0.15) is 0 Å². The van der Waals surface area contributed by atoms with Gasteiger partial charge in [0, 0.05) is 11.1 Å². The van der Waals surface area contributed by atoms with Gasteiger partial charge in [0.25, 0.3) is 5.91 Å². The number of aryl methyl sites for hydroxylation is 1. The number of rotatable bonds is 5. The lowest BCUT2D eigenvalue weighted by Gasteiger charge is -2.19. The molecule has 0 radical (unpaired) electrons. The van der Waals surface area contributed by atoms with Crippen LogP contribution in [0.2, 0.25) is 5.15 Å². The summed E-state index contributed by atoms with van der Waals surface area (Å²) in [4.78, 5) is 29.8. The van der Waals surface area contributed by atoms with E-state index >= 15 is 0 Å². The number of halogens is 1. The maximum absolute atomic E-state index is 12.2. The lowest BCUT2D eigenvalue weighted by molar-refractivity contribution is -0.119. The minimum Gasteiger partial charge on any atom is -0.451 e. The standard InChI is InChI=1S/C18H19ClN2O3S/c1-2-11-5-6-14-12(8-11)9-15(25-14)18(23)24-10-16(22)21-13-4-3-7-20-17(13)19/h3-4,7,9,11H,2,5-6,8,10H2,1H3,(H,21,22)/t11-/m1/s1. The number of aromatic nitrogens is 1. The van der Waals surface area contributed by atoms with Crippen LogP contribution in [0.3, 0.4) is 0 Å². The van der Waals surface area contributed by atoms with E-state index in [1.807, 2.05) is 6.07 Å². The Balaban J connectivity index is 1.55. The summed E-state index contributed by atoms with van der Waals surface area (Å²) in [7, 11) is 0. The Morgan fingerprint density at radius 2 is 2.32 bits per heavy atom. The first kappa shape index (κ1) is 17.9. The molecule has 132 valence electrons. The minimum atomic E-state index is -0.458. The molecule has 1 aliphatic rings. The van der Waals surface area contributed by atoms with Crippen LogP contribution in [0, 0.1) is 5.92 Å². The number of carbonyl (C=O) groups is 2. The van der Waals surface area contributed by atoms with Gasteiger partial charge in [-0.1, -0.05) is 24.9 Å². The zero-order valence-electron chi connectivity index (χ0n) is 13.9. The van der Waals surface area contributed by atoms with E-state index in [0.717, 1.165) is 19.3 Å². The molecule has 1 aliphatic carbocycles. The Hall–Kier alpha value is -1.92. The number of esters is 1. The van der Waals surface area contributed by atoms with E-state index in [2.05, 4.69) is 17.2 Å². The van der Waals surface area contributed by atoms with Crippen molar-refractivity contribution in [3.63, 3.8) is 0 Å². The van der Waals surface area contributed by atoms with Gasteiger partial charge in [0.2, 0.25) is 0 Å². The maximum Gasteiger partial charge on any atom is 0.348 e. The average molecular weight is 379 g/mol. The normalized spacial score (nSPS) is 16.2. The summed E-state index contributed by atoms with van der Waals surface area (Å²) >= 11 is 7.35. The first-order chi connectivity index (χ1) is 12.1. The highest BCUT2D eigenvalue weighted by molar-refractivity contribution is 7.14. The van der Waals surface area contributed by atoms with Crippen LogP contribution in [0.15, 0.2) is 24.4 Å². The fourth-order valence-electron chi connectivity index (χ4n) is 2.92. The van der Waals surface area contributed by atoms with Crippen molar-refractivity contribution in [2.24, 2.45) is 5.92 Å². The second-order valence-electron chi connectivity index (χ2n) is 6.04. The number of thiophene rings is 1. The van der Waals surface area contributed by atoms with Crippen molar-refractivity contribution in [3.8, 4) is 0 Å². The molecule has 2 aromatic rings. The Morgan fingerprint density at radius 3 is 3.08 bits per heavy atom. The van der Waals surface area contributed by atoms with Crippen LogP contribution >= 0.6 is 22.9 Å². The number of amides is 1. The maximum atomic E-state index is 12.2. The number of nitrogens with one attached hydrogen (secondary N) is 1. The highest BCUT2D eigenvalue weighted by atomic mass is 35.5. The number of hydrogen-bond donors (Lipinski definition) is 1. The highest BCUT2D eigenvalue weighted by Crippen LogP contribution is 2.33. The smallest absolute Gasteiger partial charge is 0.348 e. The van der Waals surface area contributed by atoms with E-state index in [1.54, 1.807) is 12.1 Å². The largest absolute Gasteiger partial charge is 0.451 e. The van der Waals surface area contributed by atoms with Crippen LogP contribution in [-0.4, -0.2) is 23.5 Å². The Morgan fingerprint density at radius 1 is 1.48 bits per heavy atom. The molecule has 1 N–H and O–H groups in total. The first-order valence-corrected chi connectivity index (χ1v) is 9.45. The zero-order valence-corrected chi connectivity index (χ0v) is 15.5. The predicted octanol–water partition coefficient (Wildman–Crippen LogP) is 4.11. The molecule has 5 nitrogen and oxygen atoms in total. The van der Waals surface area contributed by atoms with Gasteiger partial charge in [0.1, 0.15) is 4.88 Å². The summed E-state index contributed by atoms with van der Waals surface area (Å²) in [5.74, 6) is -0.212. The van der Waals surface area contributed by atoms with Crippen molar-refractivity contribution in [2.45, 2.75) is 32.6 Å². The molecule has 2 aromatic heterocycles. The molecule has 0 aromatic carbocycles. The molecular weight excluding hydrogens is 360 g/mol. The quantitative estimate of drug-likeness (QED) is 0.628. The summed E-state index contributed by atoms with van der Waals surface area (Å²) in [5.41, 5.74) is 1.64. The molecule has 0 saturated heterocycles. The summed E-state index contributed by atoms with van der Waals surface area (Å²) in [6.07, 6.45) is 5.90. The van der Waals surface area contributed by atoms with Gasteiger partial charge in [-0.3, -0.25) is 4.79 Å². The van der Waals surface area contributed by atoms with Gasteiger partial charge in [0.05, 0.1) is 5.69 Å². The molecule has 1 atom stereocenters. The second kappa shape index (κ2) is 7.97. The van der Waals surface area contributed by atoms with E-state index in [0.29, 0.717) is 16.5 Å². The number of pyridine rings is 1. The number of ether oxygens (including phenoxy) is 1. The molecule has 7 heteroatoms. The Bertz CT molecular complexity index is 790. The van der Waals surface area contributed by atoms with Crippen LogP contribution in [0.4, 0.5) is 5.69 Å². The van der Waals surface area contributed by atoms with Crippen molar-refractivity contribution in [1.29, 1.82) is 0 Å². The van der Waals surface area contributed by atoms with Crippen LogP contribution in [0.25, 0.3) is 0 Å². The van der Waals surface area contributed by atoms with E-state index in [9.17, 15) is 9.59 Å². The zero-order chi connectivity index (χ0) is 17.8. The molecule has 1 amide bonds. The molecule has 0 saturated carbocycles. The monoisotopic (exact) mass is 378 g/mol. The van der Waals surface area contributed by atoms with Gasteiger partial charge in [-0.25, -0.2) is 9.78 Å². The second-order valence-corrected chi connectivity index (χ2v) is 7.54. The predicted molar refractivity (Wildman–Crippen MR) is 98.3 cm³/mol. The van der Waals surface area contributed by atoms with Gasteiger partial charge in [-0.05, 0) is 48.9 Å². The van der Waals surface area contributed by atoms with E-state index in [1.165, 1.54) is 34.4 Å². The number of nitrogens with zero attached hydrogens (tertiary/aromatic N) is 1. The third-order valence-corrected chi connectivity index (χ3v) is 5.85. The third-order valence-electron chi connectivity index (χ3n) is 4.33. The number of anilines is 1. The molecule has 0 aliphatic heterocycles. The van der Waals surface area contributed by atoms with Crippen LogP contribution in [0.1, 0.15) is 39.9 Å². The molecular formula is C18H19ClN2O3S. The third kappa shape index (κ3) is 4.38. The molecule has 25 heavy (non-hydrogen) atoms. The number of carbonyl (C=O) groups excluding carboxylic acids is 2. The summed E-state index contributed by atoms with van der Waals surface area (Å²) in [5, 5.41) is 2.77. The lowest BCUT2D eigenvalue weighted by Crippen LogP contribution is -2.20. The fourth-order valence-corrected chi connectivity index (χ4v) is 4.18. The van der Waals surface area contributed by atoms with E-state index in [-0.39, 0.29) is 11.8 Å².